The Bertz CT molecular complexity index is 505. The Balaban J connectivity index is 1.73. The standard InChI is InChI=1S/C15H20N2O/c1-10-9-12(11(2)17(10)14-6-7-14)3-8-15(18)16-13-4-5-13/h3,8-9,13-14H,4-7H2,1-2H3,(H,16,18)/b8-3+. The molecule has 1 aromatic rings. The number of aryl methyl sites for hydroxylation is 1. The summed E-state index contributed by atoms with van der Waals surface area (Å²) in [5, 5.41) is 2.97. The van der Waals surface area contributed by atoms with Gasteiger partial charge < -0.3 is 9.88 Å². The van der Waals surface area contributed by atoms with E-state index in [1.54, 1.807) is 6.08 Å². The van der Waals surface area contributed by atoms with Crippen molar-refractivity contribution >= 4 is 12.0 Å². The lowest BCUT2D eigenvalue weighted by molar-refractivity contribution is -0.116. The SMILES string of the molecule is Cc1cc(/C=C/C(=O)NC2CC2)c(C)n1C1CC1. The summed E-state index contributed by atoms with van der Waals surface area (Å²) in [6.45, 7) is 4.29. The molecule has 2 saturated carbocycles. The van der Waals surface area contributed by atoms with Crippen molar-refractivity contribution in [3.63, 3.8) is 0 Å². The van der Waals surface area contributed by atoms with Crippen LogP contribution in [-0.4, -0.2) is 16.5 Å². The fourth-order valence-electron chi connectivity index (χ4n) is 2.51. The summed E-state index contributed by atoms with van der Waals surface area (Å²) < 4.78 is 2.40. The van der Waals surface area contributed by atoms with Gasteiger partial charge in [-0.15, -0.1) is 0 Å². The molecule has 0 aromatic carbocycles. The molecule has 1 amide bonds. The Morgan fingerprint density at radius 3 is 2.67 bits per heavy atom. The van der Waals surface area contributed by atoms with Crippen molar-refractivity contribution in [3.05, 3.63) is 29.1 Å². The van der Waals surface area contributed by atoms with Gasteiger partial charge >= 0.3 is 0 Å². The van der Waals surface area contributed by atoms with Gasteiger partial charge in [-0.1, -0.05) is 0 Å². The van der Waals surface area contributed by atoms with Crippen LogP contribution in [0.4, 0.5) is 0 Å². The van der Waals surface area contributed by atoms with Crippen LogP contribution in [0.2, 0.25) is 0 Å². The number of aromatic nitrogens is 1. The third kappa shape index (κ3) is 2.35. The number of hydrogen-bond donors (Lipinski definition) is 1. The first-order valence-corrected chi connectivity index (χ1v) is 6.82. The second-order valence-corrected chi connectivity index (χ2v) is 5.54. The molecule has 3 rings (SSSR count). The summed E-state index contributed by atoms with van der Waals surface area (Å²) in [6, 6.07) is 3.31. The zero-order chi connectivity index (χ0) is 12.7. The van der Waals surface area contributed by atoms with Gasteiger partial charge in [0.25, 0.3) is 0 Å². The van der Waals surface area contributed by atoms with Crippen LogP contribution in [0.3, 0.4) is 0 Å². The third-order valence-corrected chi connectivity index (χ3v) is 3.77. The molecule has 0 spiro atoms. The normalized spacial score (nSPS) is 19.4. The van der Waals surface area contributed by atoms with Gasteiger partial charge in [0, 0.05) is 29.5 Å². The zero-order valence-electron chi connectivity index (χ0n) is 11.1. The van der Waals surface area contributed by atoms with Gasteiger partial charge in [-0.25, -0.2) is 0 Å². The number of amides is 1. The van der Waals surface area contributed by atoms with E-state index in [2.05, 4.69) is 29.8 Å². The number of carbonyl (C=O) groups is 1. The molecule has 1 heterocycles. The molecule has 1 N–H and O–H groups in total. The Hall–Kier alpha value is -1.51. The van der Waals surface area contributed by atoms with E-state index in [-0.39, 0.29) is 5.91 Å². The predicted molar refractivity (Wildman–Crippen MR) is 72.4 cm³/mol. The van der Waals surface area contributed by atoms with E-state index in [0.29, 0.717) is 12.1 Å². The van der Waals surface area contributed by atoms with Gasteiger partial charge in [0.1, 0.15) is 0 Å². The van der Waals surface area contributed by atoms with Crippen molar-refractivity contribution in [2.45, 2.75) is 51.6 Å². The first-order chi connectivity index (χ1) is 8.65. The number of rotatable bonds is 4. The largest absolute Gasteiger partial charge is 0.350 e. The summed E-state index contributed by atoms with van der Waals surface area (Å²) in [7, 11) is 0. The van der Waals surface area contributed by atoms with E-state index in [0.717, 1.165) is 12.8 Å². The van der Waals surface area contributed by atoms with Crippen molar-refractivity contribution in [2.24, 2.45) is 0 Å². The Morgan fingerprint density at radius 1 is 1.33 bits per heavy atom. The minimum Gasteiger partial charge on any atom is -0.350 e. The van der Waals surface area contributed by atoms with E-state index in [9.17, 15) is 4.79 Å². The van der Waals surface area contributed by atoms with Crippen molar-refractivity contribution < 1.29 is 4.79 Å². The zero-order valence-corrected chi connectivity index (χ0v) is 11.1. The van der Waals surface area contributed by atoms with E-state index in [4.69, 9.17) is 0 Å². The average Bonchev–Trinajstić information content (AvgIpc) is 3.19. The highest BCUT2D eigenvalue weighted by Crippen LogP contribution is 2.38. The molecular formula is C15H20N2O. The average molecular weight is 244 g/mol. The lowest BCUT2D eigenvalue weighted by atomic mass is 10.2. The van der Waals surface area contributed by atoms with Gasteiger partial charge in [-0.05, 0) is 57.2 Å². The van der Waals surface area contributed by atoms with Crippen LogP contribution < -0.4 is 5.32 Å². The van der Waals surface area contributed by atoms with E-state index < -0.39 is 0 Å². The lowest BCUT2D eigenvalue weighted by Gasteiger charge is -2.06. The minimum atomic E-state index is 0.0359. The third-order valence-electron chi connectivity index (χ3n) is 3.77. The van der Waals surface area contributed by atoms with Gasteiger partial charge in [0.15, 0.2) is 0 Å². The van der Waals surface area contributed by atoms with Crippen LogP contribution in [0.5, 0.6) is 0 Å². The highest BCUT2D eigenvalue weighted by Gasteiger charge is 2.26. The second kappa shape index (κ2) is 4.30. The summed E-state index contributed by atoms with van der Waals surface area (Å²) in [4.78, 5) is 11.6. The van der Waals surface area contributed by atoms with Crippen LogP contribution >= 0.6 is 0 Å². The summed E-state index contributed by atoms with van der Waals surface area (Å²) in [5.41, 5.74) is 3.76. The highest BCUT2D eigenvalue weighted by molar-refractivity contribution is 5.92. The second-order valence-electron chi connectivity index (χ2n) is 5.54. The molecule has 0 saturated heterocycles. The monoisotopic (exact) mass is 244 g/mol. The molecule has 0 atom stereocenters. The molecule has 18 heavy (non-hydrogen) atoms. The van der Waals surface area contributed by atoms with Crippen LogP contribution in [0, 0.1) is 13.8 Å². The van der Waals surface area contributed by atoms with E-state index in [1.807, 2.05) is 6.08 Å². The maximum atomic E-state index is 11.6. The molecule has 2 fully saturated rings. The smallest absolute Gasteiger partial charge is 0.244 e. The van der Waals surface area contributed by atoms with Gasteiger partial charge in [-0.3, -0.25) is 4.79 Å². The molecule has 0 radical (unpaired) electrons. The van der Waals surface area contributed by atoms with Gasteiger partial charge in [-0.2, -0.15) is 0 Å². The topological polar surface area (TPSA) is 34.0 Å². The molecule has 0 bridgehead atoms. The molecule has 3 heteroatoms. The number of nitrogens with one attached hydrogen (secondary N) is 1. The fraction of sp³-hybridized carbons (Fsp3) is 0.533. The summed E-state index contributed by atoms with van der Waals surface area (Å²) in [5.74, 6) is 0.0359. The van der Waals surface area contributed by atoms with Crippen molar-refractivity contribution in [2.75, 3.05) is 0 Å². The summed E-state index contributed by atoms with van der Waals surface area (Å²) in [6.07, 6.45) is 8.46. The van der Waals surface area contributed by atoms with E-state index >= 15 is 0 Å². The van der Waals surface area contributed by atoms with Gasteiger partial charge in [0.05, 0.1) is 0 Å². The first kappa shape index (κ1) is 11.6. The van der Waals surface area contributed by atoms with Crippen molar-refractivity contribution in [1.82, 2.24) is 9.88 Å². The molecule has 0 unspecified atom stereocenters. The molecule has 3 nitrogen and oxygen atoms in total. The molecular weight excluding hydrogens is 224 g/mol. The van der Waals surface area contributed by atoms with Crippen LogP contribution in [0.25, 0.3) is 6.08 Å². The molecule has 2 aliphatic carbocycles. The van der Waals surface area contributed by atoms with Crippen LogP contribution in [0.1, 0.15) is 48.7 Å². The quantitative estimate of drug-likeness (QED) is 0.812. The fourth-order valence-corrected chi connectivity index (χ4v) is 2.51. The Kier molecular flexibility index (Phi) is 2.77. The van der Waals surface area contributed by atoms with Crippen molar-refractivity contribution in [3.8, 4) is 0 Å². The first-order valence-electron chi connectivity index (χ1n) is 6.82. The van der Waals surface area contributed by atoms with Gasteiger partial charge in [0.2, 0.25) is 5.91 Å². The highest BCUT2D eigenvalue weighted by atomic mass is 16.1. The summed E-state index contributed by atoms with van der Waals surface area (Å²) >= 11 is 0. The number of hydrogen-bond acceptors (Lipinski definition) is 1. The Morgan fingerprint density at radius 2 is 2.06 bits per heavy atom. The van der Waals surface area contributed by atoms with Crippen LogP contribution in [-0.2, 0) is 4.79 Å². The van der Waals surface area contributed by atoms with Crippen LogP contribution in [0.15, 0.2) is 12.1 Å². The maximum Gasteiger partial charge on any atom is 0.244 e. The lowest BCUT2D eigenvalue weighted by Crippen LogP contribution is -2.22. The van der Waals surface area contributed by atoms with E-state index in [1.165, 1.54) is 29.8 Å². The predicted octanol–water partition coefficient (Wildman–Crippen LogP) is 2.73. The molecule has 96 valence electrons. The maximum absolute atomic E-state index is 11.6. The Labute approximate surface area is 108 Å². The molecule has 1 aromatic heterocycles. The van der Waals surface area contributed by atoms with Crippen molar-refractivity contribution in [1.29, 1.82) is 0 Å². The molecule has 2 aliphatic rings. The minimum absolute atomic E-state index is 0.0359. The molecule has 0 aliphatic heterocycles. The number of carbonyl (C=O) groups excluding carboxylic acids is 1. The number of nitrogens with zero attached hydrogens (tertiary/aromatic N) is 1.